The van der Waals surface area contributed by atoms with Gasteiger partial charge in [0.25, 0.3) is 0 Å². The Labute approximate surface area is 335 Å². The fourth-order valence-electron chi connectivity index (χ4n) is 7.14. The number of hydrogen-bond acceptors (Lipinski definition) is 9. The van der Waals surface area contributed by atoms with Crippen molar-refractivity contribution in [2.75, 3.05) is 14.2 Å². The first-order valence-electron chi connectivity index (χ1n) is 19.0. The van der Waals surface area contributed by atoms with E-state index in [1.165, 1.54) is 12.0 Å². The molecule has 0 spiro atoms. The zero-order chi connectivity index (χ0) is 41.6. The van der Waals surface area contributed by atoms with Crippen molar-refractivity contribution in [3.05, 3.63) is 107 Å². The molecule has 1 aliphatic rings. The van der Waals surface area contributed by atoms with Crippen molar-refractivity contribution in [2.45, 2.75) is 82.8 Å². The van der Waals surface area contributed by atoms with E-state index in [1.807, 2.05) is 48.5 Å². The number of carbonyl (C=O) groups excluding carboxylic acids is 6. The first-order chi connectivity index (χ1) is 27.7. The van der Waals surface area contributed by atoms with Crippen molar-refractivity contribution < 1.29 is 43.0 Å². The summed E-state index contributed by atoms with van der Waals surface area (Å²) in [7, 11) is 2.37. The molecule has 2 aromatic heterocycles. The van der Waals surface area contributed by atoms with Crippen LogP contribution in [0.15, 0.2) is 85.1 Å². The molecule has 0 unspecified atom stereocenters. The number of carbonyl (C=O) groups is 6. The predicted molar refractivity (Wildman–Crippen MR) is 214 cm³/mol. The van der Waals surface area contributed by atoms with Gasteiger partial charge in [-0.05, 0) is 49.6 Å². The third kappa shape index (κ3) is 9.65. The van der Waals surface area contributed by atoms with Crippen LogP contribution in [0.2, 0.25) is 0 Å². The summed E-state index contributed by atoms with van der Waals surface area (Å²) in [4.78, 5) is 89.8. The maximum absolute atomic E-state index is 14.3. The van der Waals surface area contributed by atoms with Crippen LogP contribution in [0.1, 0.15) is 49.6 Å². The summed E-state index contributed by atoms with van der Waals surface area (Å²) in [5, 5.41) is 9.89. The van der Waals surface area contributed by atoms with Crippen LogP contribution in [0.5, 0.6) is 0 Å². The lowest BCUT2D eigenvalue weighted by molar-refractivity contribution is -0.146. The molecule has 3 heterocycles. The van der Waals surface area contributed by atoms with Crippen LogP contribution in [0.4, 0.5) is 4.79 Å². The molecule has 0 saturated heterocycles. The molecular formula is C43H48N6O9. The monoisotopic (exact) mass is 792 g/mol. The molecule has 0 aliphatic carbocycles. The zero-order valence-corrected chi connectivity index (χ0v) is 33.0. The minimum atomic E-state index is -1.53. The summed E-state index contributed by atoms with van der Waals surface area (Å²) >= 11 is 0. The van der Waals surface area contributed by atoms with Gasteiger partial charge in [0.2, 0.25) is 17.7 Å². The molecule has 0 saturated carbocycles. The van der Waals surface area contributed by atoms with Gasteiger partial charge >= 0.3 is 18.0 Å². The van der Waals surface area contributed by atoms with E-state index in [1.54, 1.807) is 57.3 Å². The number of para-hydroxylation sites is 2. The molecule has 304 valence electrons. The van der Waals surface area contributed by atoms with Gasteiger partial charge in [0.1, 0.15) is 29.8 Å². The van der Waals surface area contributed by atoms with Crippen molar-refractivity contribution in [3.63, 3.8) is 0 Å². The Morgan fingerprint density at radius 2 is 1.40 bits per heavy atom. The molecule has 6 rings (SSSR count). The van der Waals surface area contributed by atoms with Crippen molar-refractivity contribution >= 4 is 57.6 Å². The van der Waals surface area contributed by atoms with E-state index in [4.69, 9.17) is 14.2 Å². The van der Waals surface area contributed by atoms with E-state index < -0.39 is 71.9 Å². The number of esters is 2. The number of nitrogens with zero attached hydrogens (tertiary/aromatic N) is 1. The van der Waals surface area contributed by atoms with Gasteiger partial charge in [0.15, 0.2) is 0 Å². The second-order valence-corrected chi connectivity index (χ2v) is 15.2. The summed E-state index contributed by atoms with van der Waals surface area (Å²) in [6.45, 7) is 5.16. The molecule has 5 aromatic rings. The minimum absolute atomic E-state index is 0.00330. The molecule has 1 aliphatic heterocycles. The standard InChI is InChI=1S/C43H48N6O9/c1-43(2,3)58-42(55)49-24-35-29(28-16-10-12-18-31(28)45-35)21-36(49)40(53)47-33(22-37(50)56-4)39(52)46-32(19-25-13-7-6-8-14-25)38(51)48-34(41(54)57-5)20-26-23-44-30-17-11-9-15-27(26)30/h6-18,23,32-34,36,44-45H,19-22,24H2,1-5H3,(H,46,52)(H,47,53)(H,48,51)/t32-,33-,34-,36-/m0/s1. The Kier molecular flexibility index (Phi) is 12.5. The summed E-state index contributed by atoms with van der Waals surface area (Å²) in [6, 6.07) is 18.9. The molecule has 3 aromatic carbocycles. The van der Waals surface area contributed by atoms with Gasteiger partial charge < -0.3 is 40.1 Å². The molecule has 4 atom stereocenters. The third-order valence-electron chi connectivity index (χ3n) is 9.98. The Morgan fingerprint density at radius 3 is 2.09 bits per heavy atom. The summed E-state index contributed by atoms with van der Waals surface area (Å²) < 4.78 is 15.6. The number of fused-ring (bicyclic) bond motifs is 4. The lowest BCUT2D eigenvalue weighted by atomic mass is 9.96. The maximum atomic E-state index is 14.3. The van der Waals surface area contributed by atoms with Crippen LogP contribution >= 0.6 is 0 Å². The van der Waals surface area contributed by atoms with Gasteiger partial charge in [0, 0.05) is 53.0 Å². The van der Waals surface area contributed by atoms with E-state index in [2.05, 4.69) is 25.9 Å². The third-order valence-corrected chi connectivity index (χ3v) is 9.98. The average molecular weight is 793 g/mol. The highest BCUT2D eigenvalue weighted by Gasteiger charge is 2.40. The smallest absolute Gasteiger partial charge is 0.411 e. The van der Waals surface area contributed by atoms with Crippen molar-refractivity contribution in [1.29, 1.82) is 0 Å². The first kappa shape index (κ1) is 41.0. The highest BCUT2D eigenvalue weighted by atomic mass is 16.6. The van der Waals surface area contributed by atoms with Crippen LogP contribution in [0.25, 0.3) is 21.8 Å². The molecular weight excluding hydrogens is 745 g/mol. The molecule has 15 nitrogen and oxygen atoms in total. The number of nitrogens with one attached hydrogen (secondary N) is 5. The van der Waals surface area contributed by atoms with Gasteiger partial charge in [0.05, 0.1) is 27.2 Å². The van der Waals surface area contributed by atoms with Gasteiger partial charge in [-0.3, -0.25) is 24.1 Å². The molecule has 4 amide bonds. The van der Waals surface area contributed by atoms with E-state index in [0.29, 0.717) is 5.56 Å². The van der Waals surface area contributed by atoms with E-state index in [0.717, 1.165) is 45.7 Å². The Hall–Kier alpha value is -6.64. The molecule has 58 heavy (non-hydrogen) atoms. The summed E-state index contributed by atoms with van der Waals surface area (Å²) in [5.74, 6) is -3.79. The molecule has 15 heteroatoms. The fraction of sp³-hybridized carbons (Fsp3) is 0.349. The predicted octanol–water partition coefficient (Wildman–Crippen LogP) is 3.99. The number of aromatic amines is 2. The second-order valence-electron chi connectivity index (χ2n) is 15.2. The Morgan fingerprint density at radius 1 is 0.759 bits per heavy atom. The number of H-pyrrole nitrogens is 2. The van der Waals surface area contributed by atoms with Crippen LogP contribution in [-0.4, -0.2) is 94.6 Å². The van der Waals surface area contributed by atoms with E-state index in [9.17, 15) is 28.8 Å². The normalized spacial score (nSPS) is 15.4. The minimum Gasteiger partial charge on any atom is -0.469 e. The van der Waals surface area contributed by atoms with Crippen LogP contribution in [0.3, 0.4) is 0 Å². The quantitative estimate of drug-likeness (QED) is 0.0864. The van der Waals surface area contributed by atoms with Crippen LogP contribution in [0, 0.1) is 0 Å². The Bertz CT molecular complexity index is 2310. The number of ether oxygens (including phenoxy) is 3. The SMILES string of the molecule is COC(=O)C[C@H](NC(=O)[C@@H]1Cc2c([nH]c3ccccc23)CN1C(=O)OC(C)(C)C)C(=O)N[C@@H](Cc1ccccc1)C(=O)N[C@@H](Cc1c[nH]c2ccccc12)C(=O)OC. The number of hydrogen-bond donors (Lipinski definition) is 5. The van der Waals surface area contributed by atoms with Crippen molar-refractivity contribution in [2.24, 2.45) is 0 Å². The highest BCUT2D eigenvalue weighted by Crippen LogP contribution is 2.31. The topological polar surface area (TPSA) is 201 Å². The van der Waals surface area contributed by atoms with Crippen molar-refractivity contribution in [3.8, 4) is 0 Å². The lowest BCUT2D eigenvalue weighted by Gasteiger charge is -2.36. The number of rotatable bonds is 13. The number of benzene rings is 3. The molecule has 0 bridgehead atoms. The average Bonchev–Trinajstić information content (AvgIpc) is 3.79. The maximum Gasteiger partial charge on any atom is 0.411 e. The summed E-state index contributed by atoms with van der Waals surface area (Å²) in [6.07, 6.45) is 0.599. The second kappa shape index (κ2) is 17.7. The Balaban J connectivity index is 1.26. The molecule has 5 N–H and O–H groups in total. The van der Waals surface area contributed by atoms with Gasteiger partial charge in [-0.15, -0.1) is 0 Å². The highest BCUT2D eigenvalue weighted by molar-refractivity contribution is 5.97. The van der Waals surface area contributed by atoms with Crippen molar-refractivity contribution in [1.82, 2.24) is 30.8 Å². The van der Waals surface area contributed by atoms with Crippen LogP contribution in [-0.2, 0) is 64.0 Å². The summed E-state index contributed by atoms with van der Waals surface area (Å²) in [5.41, 5.74) is 3.83. The van der Waals surface area contributed by atoms with Crippen LogP contribution < -0.4 is 16.0 Å². The number of amides is 4. The lowest BCUT2D eigenvalue weighted by Crippen LogP contribution is -2.60. The first-order valence-corrected chi connectivity index (χ1v) is 19.0. The zero-order valence-electron chi connectivity index (χ0n) is 33.0. The molecule has 0 radical (unpaired) electrons. The largest absolute Gasteiger partial charge is 0.469 e. The van der Waals surface area contributed by atoms with E-state index in [-0.39, 0.29) is 25.8 Å². The molecule has 0 fully saturated rings. The van der Waals surface area contributed by atoms with Gasteiger partial charge in [-0.25, -0.2) is 9.59 Å². The van der Waals surface area contributed by atoms with Gasteiger partial charge in [-0.2, -0.15) is 0 Å². The fourth-order valence-corrected chi connectivity index (χ4v) is 7.14. The van der Waals surface area contributed by atoms with E-state index >= 15 is 0 Å². The van der Waals surface area contributed by atoms with Gasteiger partial charge in [-0.1, -0.05) is 66.7 Å². The number of aromatic nitrogens is 2. The number of methoxy groups -OCH3 is 2.